The van der Waals surface area contributed by atoms with Crippen LogP contribution in [0.2, 0.25) is 0 Å². The van der Waals surface area contributed by atoms with Crippen molar-refractivity contribution in [3.05, 3.63) is 27.3 Å². The predicted octanol–water partition coefficient (Wildman–Crippen LogP) is 3.32. The van der Waals surface area contributed by atoms with Crippen LogP contribution in [-0.4, -0.2) is 44.6 Å². The molecule has 0 aliphatic rings. The van der Waals surface area contributed by atoms with Crippen molar-refractivity contribution < 1.29 is 4.79 Å². The molecule has 0 aromatic carbocycles. The minimum Gasteiger partial charge on any atom is -0.329 e. The van der Waals surface area contributed by atoms with E-state index in [9.17, 15) is 14.9 Å². The number of nitriles is 1. The van der Waals surface area contributed by atoms with Crippen molar-refractivity contribution in [2.45, 2.75) is 52.4 Å². The number of aryl methyl sites for hydroxylation is 1. The molecule has 10 heteroatoms. The van der Waals surface area contributed by atoms with Gasteiger partial charge in [-0.05, 0) is 0 Å². The van der Waals surface area contributed by atoms with Crippen LogP contribution in [0.25, 0.3) is 0 Å². The van der Waals surface area contributed by atoms with Crippen LogP contribution in [0.5, 0.6) is 0 Å². The van der Waals surface area contributed by atoms with E-state index in [-0.39, 0.29) is 28.0 Å². The number of carbonyl (C=O) groups is 1. The van der Waals surface area contributed by atoms with Gasteiger partial charge in [0.2, 0.25) is 5.82 Å². The van der Waals surface area contributed by atoms with Crippen LogP contribution in [0.15, 0.2) is 15.0 Å². The Balaban J connectivity index is 2.77. The molecule has 0 aliphatic heterocycles. The van der Waals surface area contributed by atoms with Gasteiger partial charge >= 0.3 is 6.03 Å². The van der Waals surface area contributed by atoms with Crippen LogP contribution in [0, 0.1) is 11.3 Å². The van der Waals surface area contributed by atoms with E-state index in [2.05, 4.69) is 26.5 Å². The quantitative estimate of drug-likeness (QED) is 0.776. The summed E-state index contributed by atoms with van der Waals surface area (Å²) in [5, 5.41) is 25.4. The zero-order valence-electron chi connectivity index (χ0n) is 18.4. The van der Waals surface area contributed by atoms with E-state index in [4.69, 9.17) is 0 Å². The highest BCUT2D eigenvalue weighted by Crippen LogP contribution is 2.33. The molecule has 156 valence electrons. The second kappa shape index (κ2) is 7.31. The van der Waals surface area contributed by atoms with Crippen molar-refractivity contribution in [1.82, 2.24) is 24.5 Å². The standard InChI is InChI=1S/C19H28N8O2/c1-18(2,3)13-11(10-20)15(27(24-13)17(29)25(7)8)22-21-12-14(19(4,5)6)23-26(9)16(12)28/h23H,1-9H3. The number of aromatic amines is 1. The first kappa shape index (κ1) is 22.1. The lowest BCUT2D eigenvalue weighted by Crippen LogP contribution is -2.28. The lowest BCUT2D eigenvalue weighted by Gasteiger charge is -2.16. The van der Waals surface area contributed by atoms with Crippen LogP contribution < -0.4 is 5.56 Å². The lowest BCUT2D eigenvalue weighted by atomic mass is 9.90. The molecule has 2 heterocycles. The Hall–Kier alpha value is -3.22. The van der Waals surface area contributed by atoms with Crippen molar-refractivity contribution in [2.75, 3.05) is 14.1 Å². The van der Waals surface area contributed by atoms with E-state index in [1.165, 1.54) is 9.58 Å². The van der Waals surface area contributed by atoms with Gasteiger partial charge < -0.3 is 4.90 Å². The van der Waals surface area contributed by atoms with Gasteiger partial charge in [0.15, 0.2) is 5.69 Å². The van der Waals surface area contributed by atoms with Gasteiger partial charge in [0, 0.05) is 32.0 Å². The normalized spacial score (nSPS) is 12.4. The number of rotatable bonds is 2. The Kier molecular flexibility index (Phi) is 5.56. The Bertz CT molecular complexity index is 1060. The second-order valence-electron chi connectivity index (χ2n) is 9.15. The summed E-state index contributed by atoms with van der Waals surface area (Å²) in [6.07, 6.45) is 0. The number of carbonyl (C=O) groups excluding carboxylic acids is 1. The van der Waals surface area contributed by atoms with E-state index in [0.717, 1.165) is 4.68 Å². The summed E-state index contributed by atoms with van der Waals surface area (Å²) in [6, 6.07) is 1.62. The first-order chi connectivity index (χ1) is 13.2. The Morgan fingerprint density at radius 3 is 2.17 bits per heavy atom. The molecular weight excluding hydrogens is 372 g/mol. The number of aromatic nitrogens is 4. The first-order valence-electron chi connectivity index (χ1n) is 9.16. The predicted molar refractivity (Wildman–Crippen MR) is 109 cm³/mol. The van der Waals surface area contributed by atoms with Crippen molar-refractivity contribution in [2.24, 2.45) is 17.3 Å². The summed E-state index contributed by atoms with van der Waals surface area (Å²) >= 11 is 0. The molecule has 0 unspecified atom stereocenters. The molecule has 1 N–H and O–H groups in total. The third-order valence-corrected chi connectivity index (χ3v) is 4.27. The SMILES string of the molecule is CN(C)C(=O)n1nc(C(C)(C)C)c(C#N)c1N=Nc1c(C(C)(C)C)[nH]n(C)c1=O. The number of azo groups is 1. The van der Waals surface area contributed by atoms with Crippen LogP contribution in [-0.2, 0) is 17.9 Å². The smallest absolute Gasteiger partial charge is 0.329 e. The van der Waals surface area contributed by atoms with Gasteiger partial charge in [-0.1, -0.05) is 41.5 Å². The van der Waals surface area contributed by atoms with Gasteiger partial charge in [-0.15, -0.1) is 10.2 Å². The van der Waals surface area contributed by atoms with Crippen LogP contribution >= 0.6 is 0 Å². The van der Waals surface area contributed by atoms with Crippen molar-refractivity contribution in [3.63, 3.8) is 0 Å². The van der Waals surface area contributed by atoms with Gasteiger partial charge in [-0.25, -0.2) is 4.79 Å². The molecule has 0 bridgehead atoms. The van der Waals surface area contributed by atoms with Gasteiger partial charge in [0.1, 0.15) is 11.6 Å². The molecule has 1 amide bonds. The number of hydrogen-bond donors (Lipinski definition) is 1. The van der Waals surface area contributed by atoms with Crippen LogP contribution in [0.1, 0.15) is 58.5 Å². The number of amides is 1. The molecule has 2 aromatic rings. The summed E-state index contributed by atoms with van der Waals surface area (Å²) in [4.78, 5) is 26.5. The molecule has 0 saturated heterocycles. The largest absolute Gasteiger partial charge is 0.346 e. The van der Waals surface area contributed by atoms with Gasteiger partial charge in [-0.2, -0.15) is 15.0 Å². The average molecular weight is 400 g/mol. The lowest BCUT2D eigenvalue weighted by molar-refractivity contribution is 0.216. The number of nitrogens with one attached hydrogen (secondary N) is 1. The summed E-state index contributed by atoms with van der Waals surface area (Å²) in [7, 11) is 4.75. The van der Waals surface area contributed by atoms with E-state index < -0.39 is 11.4 Å². The zero-order chi connectivity index (χ0) is 22.3. The van der Waals surface area contributed by atoms with Crippen molar-refractivity contribution in [3.8, 4) is 6.07 Å². The van der Waals surface area contributed by atoms with Crippen LogP contribution in [0.4, 0.5) is 16.3 Å². The van der Waals surface area contributed by atoms with Gasteiger partial charge in [0.25, 0.3) is 5.56 Å². The zero-order valence-corrected chi connectivity index (χ0v) is 18.4. The highest BCUT2D eigenvalue weighted by Gasteiger charge is 2.30. The van der Waals surface area contributed by atoms with Gasteiger partial charge in [0.05, 0.1) is 11.4 Å². The Labute approximate surface area is 169 Å². The summed E-state index contributed by atoms with van der Waals surface area (Å²) in [6.45, 7) is 11.5. The van der Waals surface area contributed by atoms with Crippen LogP contribution in [0.3, 0.4) is 0 Å². The molecule has 10 nitrogen and oxygen atoms in total. The molecule has 0 radical (unpaired) electrons. The maximum atomic E-state index is 12.6. The summed E-state index contributed by atoms with van der Waals surface area (Å²) < 4.78 is 2.37. The second-order valence-corrected chi connectivity index (χ2v) is 9.15. The Morgan fingerprint density at radius 2 is 1.72 bits per heavy atom. The van der Waals surface area contributed by atoms with E-state index in [0.29, 0.717) is 11.4 Å². The monoisotopic (exact) mass is 400 g/mol. The third kappa shape index (κ3) is 4.13. The molecule has 0 aliphatic carbocycles. The Morgan fingerprint density at radius 1 is 1.14 bits per heavy atom. The van der Waals surface area contributed by atoms with E-state index >= 15 is 0 Å². The van der Waals surface area contributed by atoms with E-state index in [1.807, 2.05) is 41.5 Å². The highest BCUT2D eigenvalue weighted by molar-refractivity contribution is 5.80. The molecule has 0 spiro atoms. The summed E-state index contributed by atoms with van der Waals surface area (Å²) in [5.74, 6) is -0.000706. The average Bonchev–Trinajstić information content (AvgIpc) is 3.10. The molecule has 0 saturated carbocycles. The molecule has 0 atom stereocenters. The summed E-state index contributed by atoms with van der Waals surface area (Å²) in [5.41, 5.74) is 0.0953. The minimum atomic E-state index is -0.492. The molecule has 2 rings (SSSR count). The van der Waals surface area contributed by atoms with Crippen molar-refractivity contribution >= 4 is 17.5 Å². The molecule has 29 heavy (non-hydrogen) atoms. The molecule has 0 fully saturated rings. The fourth-order valence-corrected chi connectivity index (χ4v) is 2.70. The van der Waals surface area contributed by atoms with Crippen molar-refractivity contribution in [1.29, 1.82) is 5.26 Å². The van der Waals surface area contributed by atoms with Gasteiger partial charge in [-0.3, -0.25) is 14.6 Å². The molecular formula is C19H28N8O2. The maximum absolute atomic E-state index is 12.6. The highest BCUT2D eigenvalue weighted by atomic mass is 16.2. The topological polar surface area (TPSA) is 124 Å². The fourth-order valence-electron chi connectivity index (χ4n) is 2.70. The number of H-pyrrole nitrogens is 1. The maximum Gasteiger partial charge on any atom is 0.346 e. The third-order valence-electron chi connectivity index (χ3n) is 4.27. The number of hydrogen-bond acceptors (Lipinski definition) is 6. The number of nitrogens with zero attached hydrogens (tertiary/aromatic N) is 7. The molecule has 2 aromatic heterocycles. The fraction of sp³-hybridized carbons (Fsp3) is 0.579. The van der Waals surface area contributed by atoms with E-state index in [1.54, 1.807) is 21.1 Å². The minimum absolute atomic E-state index is 0.000706. The first-order valence-corrected chi connectivity index (χ1v) is 9.16.